The first-order chi connectivity index (χ1) is 11.1. The van der Waals surface area contributed by atoms with Crippen molar-refractivity contribution in [3.05, 3.63) is 47.5 Å². The van der Waals surface area contributed by atoms with E-state index in [2.05, 4.69) is 20.1 Å². The molecule has 2 aromatic carbocycles. The van der Waals surface area contributed by atoms with E-state index < -0.39 is 12.2 Å². The third-order valence-electron chi connectivity index (χ3n) is 3.75. The van der Waals surface area contributed by atoms with Crippen molar-refractivity contribution in [1.29, 1.82) is 0 Å². The number of benzene rings is 2. The molecule has 2 N–H and O–H groups in total. The van der Waals surface area contributed by atoms with Crippen LogP contribution < -0.4 is 10.6 Å². The van der Waals surface area contributed by atoms with Gasteiger partial charge in [-0.15, -0.1) is 0 Å². The van der Waals surface area contributed by atoms with Crippen molar-refractivity contribution < 1.29 is 19.1 Å². The predicted molar refractivity (Wildman–Crippen MR) is 86.7 cm³/mol. The van der Waals surface area contributed by atoms with E-state index in [9.17, 15) is 9.59 Å². The van der Waals surface area contributed by atoms with E-state index in [-0.39, 0.29) is 0 Å². The minimum atomic E-state index is -0.495. The SMILES string of the molecule is COC(=O)Nc1ccc2c(c1)Cc1cc(NC(=O)OC)ccc1-2. The summed E-state index contributed by atoms with van der Waals surface area (Å²) >= 11 is 0. The molecule has 23 heavy (non-hydrogen) atoms. The average molecular weight is 312 g/mol. The second-order valence-corrected chi connectivity index (χ2v) is 5.15. The van der Waals surface area contributed by atoms with Gasteiger partial charge in [-0.3, -0.25) is 10.6 Å². The quantitative estimate of drug-likeness (QED) is 0.758. The second-order valence-electron chi connectivity index (χ2n) is 5.15. The molecule has 0 heterocycles. The van der Waals surface area contributed by atoms with Crippen LogP contribution in [0.3, 0.4) is 0 Å². The zero-order chi connectivity index (χ0) is 16.4. The summed E-state index contributed by atoms with van der Waals surface area (Å²) in [5.41, 5.74) is 5.86. The van der Waals surface area contributed by atoms with Gasteiger partial charge >= 0.3 is 12.2 Å². The van der Waals surface area contributed by atoms with Crippen LogP contribution in [0, 0.1) is 0 Å². The summed E-state index contributed by atoms with van der Waals surface area (Å²) in [6.45, 7) is 0. The monoisotopic (exact) mass is 312 g/mol. The lowest BCUT2D eigenvalue weighted by Crippen LogP contribution is -2.10. The standard InChI is InChI=1S/C17H16N2O4/c1-22-16(20)18-12-3-5-14-10(8-12)7-11-9-13(4-6-15(11)14)19-17(21)23-2/h3-6,8-9H,7H2,1-2H3,(H,18,20)(H,19,21). The minimum Gasteiger partial charge on any atom is -0.453 e. The van der Waals surface area contributed by atoms with Crippen LogP contribution in [-0.4, -0.2) is 26.4 Å². The number of methoxy groups -OCH3 is 2. The largest absolute Gasteiger partial charge is 0.453 e. The van der Waals surface area contributed by atoms with Crippen LogP contribution in [0.15, 0.2) is 36.4 Å². The number of anilines is 2. The molecule has 0 aromatic heterocycles. The van der Waals surface area contributed by atoms with E-state index in [1.807, 2.05) is 36.4 Å². The van der Waals surface area contributed by atoms with E-state index in [4.69, 9.17) is 0 Å². The number of amides is 2. The Morgan fingerprint density at radius 2 is 1.26 bits per heavy atom. The van der Waals surface area contributed by atoms with Gasteiger partial charge in [0.15, 0.2) is 0 Å². The Bertz CT molecular complexity index is 721. The van der Waals surface area contributed by atoms with Gasteiger partial charge in [-0.25, -0.2) is 9.59 Å². The van der Waals surface area contributed by atoms with Crippen molar-refractivity contribution in [2.24, 2.45) is 0 Å². The van der Waals surface area contributed by atoms with E-state index >= 15 is 0 Å². The molecular weight excluding hydrogens is 296 g/mol. The molecule has 0 atom stereocenters. The molecule has 2 amide bonds. The smallest absolute Gasteiger partial charge is 0.411 e. The van der Waals surface area contributed by atoms with Crippen molar-refractivity contribution >= 4 is 23.6 Å². The fourth-order valence-corrected chi connectivity index (χ4v) is 2.70. The first kappa shape index (κ1) is 14.9. The van der Waals surface area contributed by atoms with Gasteiger partial charge < -0.3 is 9.47 Å². The molecule has 6 heteroatoms. The summed E-state index contributed by atoms with van der Waals surface area (Å²) in [5.74, 6) is 0. The van der Waals surface area contributed by atoms with Gasteiger partial charge in [-0.1, -0.05) is 12.1 Å². The van der Waals surface area contributed by atoms with Crippen LogP contribution in [0.5, 0.6) is 0 Å². The Balaban J connectivity index is 1.85. The summed E-state index contributed by atoms with van der Waals surface area (Å²) in [6, 6.07) is 11.5. The number of fused-ring (bicyclic) bond motifs is 3. The van der Waals surface area contributed by atoms with Crippen LogP contribution >= 0.6 is 0 Å². The number of hydrogen-bond donors (Lipinski definition) is 2. The highest BCUT2D eigenvalue weighted by molar-refractivity contribution is 5.89. The van der Waals surface area contributed by atoms with Gasteiger partial charge in [0.05, 0.1) is 14.2 Å². The lowest BCUT2D eigenvalue weighted by atomic mass is 10.1. The molecule has 0 saturated carbocycles. The second kappa shape index (κ2) is 6.00. The lowest BCUT2D eigenvalue weighted by molar-refractivity contribution is 0.186. The van der Waals surface area contributed by atoms with Crippen molar-refractivity contribution in [3.63, 3.8) is 0 Å². The van der Waals surface area contributed by atoms with Gasteiger partial charge in [0, 0.05) is 11.4 Å². The molecule has 0 bridgehead atoms. The van der Waals surface area contributed by atoms with Gasteiger partial charge in [0.2, 0.25) is 0 Å². The minimum absolute atomic E-state index is 0.495. The highest BCUT2D eigenvalue weighted by Gasteiger charge is 2.19. The molecule has 1 aliphatic rings. The van der Waals surface area contributed by atoms with E-state index in [0.717, 1.165) is 28.7 Å². The van der Waals surface area contributed by atoms with E-state index in [1.54, 1.807) is 0 Å². The van der Waals surface area contributed by atoms with Crippen molar-refractivity contribution in [3.8, 4) is 11.1 Å². The van der Waals surface area contributed by atoms with Crippen molar-refractivity contribution in [2.75, 3.05) is 24.9 Å². The van der Waals surface area contributed by atoms with Crippen LogP contribution in [0.25, 0.3) is 11.1 Å². The summed E-state index contributed by atoms with van der Waals surface area (Å²) in [6.07, 6.45) is -0.257. The molecule has 0 aliphatic heterocycles. The van der Waals surface area contributed by atoms with Crippen molar-refractivity contribution in [2.45, 2.75) is 6.42 Å². The maximum atomic E-state index is 11.3. The van der Waals surface area contributed by atoms with Crippen LogP contribution in [0.2, 0.25) is 0 Å². The molecule has 2 aromatic rings. The molecular formula is C17H16N2O4. The fraction of sp³-hybridized carbons (Fsp3) is 0.176. The van der Waals surface area contributed by atoms with Crippen LogP contribution in [0.1, 0.15) is 11.1 Å². The molecule has 0 unspecified atom stereocenters. The summed E-state index contributed by atoms with van der Waals surface area (Å²) in [4.78, 5) is 22.6. The normalized spacial score (nSPS) is 11.2. The van der Waals surface area contributed by atoms with Crippen molar-refractivity contribution in [1.82, 2.24) is 0 Å². The molecule has 0 spiro atoms. The number of hydrogen-bond acceptors (Lipinski definition) is 4. The Morgan fingerprint density at radius 1 is 0.826 bits per heavy atom. The Kier molecular flexibility index (Phi) is 3.89. The van der Waals surface area contributed by atoms with Gasteiger partial charge in [0.25, 0.3) is 0 Å². The summed E-state index contributed by atoms with van der Waals surface area (Å²) in [7, 11) is 2.66. The number of nitrogens with one attached hydrogen (secondary N) is 2. The Hall–Kier alpha value is -3.02. The average Bonchev–Trinajstić information content (AvgIpc) is 2.91. The highest BCUT2D eigenvalue weighted by atomic mass is 16.5. The zero-order valence-corrected chi connectivity index (χ0v) is 12.8. The van der Waals surface area contributed by atoms with Gasteiger partial charge in [-0.05, 0) is 52.9 Å². The predicted octanol–water partition coefficient (Wildman–Crippen LogP) is 3.61. The first-order valence-corrected chi connectivity index (χ1v) is 7.07. The first-order valence-electron chi connectivity index (χ1n) is 7.07. The molecule has 0 saturated heterocycles. The molecule has 3 rings (SSSR count). The van der Waals surface area contributed by atoms with E-state index in [1.165, 1.54) is 14.2 Å². The lowest BCUT2D eigenvalue weighted by Gasteiger charge is -2.07. The Morgan fingerprint density at radius 3 is 1.65 bits per heavy atom. The number of carbonyl (C=O) groups excluding carboxylic acids is 2. The fourth-order valence-electron chi connectivity index (χ4n) is 2.70. The summed E-state index contributed by atoms with van der Waals surface area (Å²) < 4.78 is 9.19. The number of ether oxygens (including phenoxy) is 2. The third-order valence-corrected chi connectivity index (χ3v) is 3.75. The molecule has 118 valence electrons. The molecule has 0 fully saturated rings. The maximum Gasteiger partial charge on any atom is 0.411 e. The maximum absolute atomic E-state index is 11.3. The molecule has 6 nitrogen and oxygen atoms in total. The number of carbonyl (C=O) groups is 2. The van der Waals surface area contributed by atoms with Gasteiger partial charge in [-0.2, -0.15) is 0 Å². The topological polar surface area (TPSA) is 76.7 Å². The number of rotatable bonds is 2. The Labute approximate surface area is 133 Å². The van der Waals surface area contributed by atoms with Crippen LogP contribution in [0.4, 0.5) is 21.0 Å². The van der Waals surface area contributed by atoms with Gasteiger partial charge in [0.1, 0.15) is 0 Å². The highest BCUT2D eigenvalue weighted by Crippen LogP contribution is 2.39. The molecule has 1 aliphatic carbocycles. The summed E-state index contributed by atoms with van der Waals surface area (Å²) in [5, 5.41) is 5.32. The zero-order valence-electron chi connectivity index (χ0n) is 12.8. The van der Waals surface area contributed by atoms with Crippen LogP contribution in [-0.2, 0) is 15.9 Å². The molecule has 0 radical (unpaired) electrons. The van der Waals surface area contributed by atoms with E-state index in [0.29, 0.717) is 11.4 Å². The third kappa shape index (κ3) is 2.96.